The van der Waals surface area contributed by atoms with Crippen molar-refractivity contribution in [2.45, 2.75) is 38.8 Å². The molecule has 128 valence electrons. The Hall–Kier alpha value is -1.53. The van der Waals surface area contributed by atoms with E-state index in [0.29, 0.717) is 6.54 Å². The maximum Gasteiger partial charge on any atom is 0.242 e. The summed E-state index contributed by atoms with van der Waals surface area (Å²) in [7, 11) is 0. The van der Waals surface area contributed by atoms with Gasteiger partial charge in [0.2, 0.25) is 11.8 Å². The average molecular weight is 337 g/mol. The van der Waals surface area contributed by atoms with Gasteiger partial charge in [-0.25, -0.2) is 0 Å². The minimum absolute atomic E-state index is 0.0304. The number of carbonyl (C=O) groups is 2. The minimum atomic E-state index is -0.706. The highest BCUT2D eigenvalue weighted by Crippen LogP contribution is 2.08. The summed E-state index contributed by atoms with van der Waals surface area (Å²) in [5, 5.41) is 5.64. The first kappa shape index (κ1) is 19.5. The molecule has 0 spiro atoms. The predicted octanol–water partition coefficient (Wildman–Crippen LogP) is 1.13. The third-order valence-electron chi connectivity index (χ3n) is 3.88. The van der Waals surface area contributed by atoms with E-state index in [1.807, 2.05) is 44.2 Å². The van der Waals surface area contributed by atoms with Crippen LogP contribution in [0.5, 0.6) is 0 Å². The Bertz CT molecular complexity index is 496. The Balaban J connectivity index is 2.56. The highest BCUT2D eigenvalue weighted by atomic mass is 32.1. The van der Waals surface area contributed by atoms with Crippen LogP contribution in [0.4, 0.5) is 0 Å². The van der Waals surface area contributed by atoms with Crippen LogP contribution in [0, 0.1) is 5.92 Å². The van der Waals surface area contributed by atoms with Gasteiger partial charge in [0.15, 0.2) is 0 Å². The van der Waals surface area contributed by atoms with Crippen molar-refractivity contribution in [3.8, 4) is 0 Å². The molecule has 23 heavy (non-hydrogen) atoms. The van der Waals surface area contributed by atoms with Gasteiger partial charge >= 0.3 is 0 Å². The van der Waals surface area contributed by atoms with E-state index in [2.05, 4.69) is 23.3 Å². The fraction of sp³-hybridized carbons (Fsp3) is 0.529. The molecule has 2 amide bonds. The van der Waals surface area contributed by atoms with Crippen molar-refractivity contribution in [3.63, 3.8) is 0 Å². The fourth-order valence-electron chi connectivity index (χ4n) is 2.13. The zero-order valence-corrected chi connectivity index (χ0v) is 14.7. The second kappa shape index (κ2) is 10.3. The van der Waals surface area contributed by atoms with Crippen molar-refractivity contribution in [3.05, 3.63) is 35.9 Å². The van der Waals surface area contributed by atoms with E-state index >= 15 is 0 Å². The van der Waals surface area contributed by atoms with Gasteiger partial charge in [-0.05, 0) is 17.9 Å². The van der Waals surface area contributed by atoms with E-state index < -0.39 is 12.1 Å². The molecule has 0 radical (unpaired) electrons. The Morgan fingerprint density at radius 1 is 1.22 bits per heavy atom. The van der Waals surface area contributed by atoms with Crippen LogP contribution in [0.15, 0.2) is 30.3 Å². The molecule has 0 aliphatic heterocycles. The number of benzene rings is 1. The first-order chi connectivity index (χ1) is 11.0. The number of carbonyl (C=O) groups excluding carboxylic acids is 2. The van der Waals surface area contributed by atoms with Crippen LogP contribution in [0.3, 0.4) is 0 Å². The average Bonchev–Trinajstić information content (AvgIpc) is 2.58. The van der Waals surface area contributed by atoms with Crippen LogP contribution < -0.4 is 16.4 Å². The molecule has 0 aromatic heterocycles. The van der Waals surface area contributed by atoms with Gasteiger partial charge in [-0.1, -0.05) is 50.6 Å². The summed E-state index contributed by atoms with van der Waals surface area (Å²) in [6.45, 7) is 4.46. The quantitative estimate of drug-likeness (QED) is 0.510. The van der Waals surface area contributed by atoms with E-state index in [1.54, 1.807) is 0 Å². The summed E-state index contributed by atoms with van der Waals surface area (Å²) < 4.78 is 0. The molecule has 5 nitrogen and oxygen atoms in total. The lowest BCUT2D eigenvalue weighted by Crippen LogP contribution is -2.54. The molecule has 1 aromatic rings. The second-order valence-electron chi connectivity index (χ2n) is 5.69. The van der Waals surface area contributed by atoms with Crippen molar-refractivity contribution < 1.29 is 9.59 Å². The van der Waals surface area contributed by atoms with Gasteiger partial charge in [0, 0.05) is 12.3 Å². The van der Waals surface area contributed by atoms with Crippen LogP contribution in [0.2, 0.25) is 0 Å². The third kappa shape index (κ3) is 6.62. The number of nitrogens with two attached hydrogens (primary N) is 1. The van der Waals surface area contributed by atoms with Gasteiger partial charge < -0.3 is 16.4 Å². The molecule has 0 saturated carbocycles. The van der Waals surface area contributed by atoms with E-state index in [0.717, 1.165) is 18.4 Å². The number of hydrogen-bond acceptors (Lipinski definition) is 4. The summed E-state index contributed by atoms with van der Waals surface area (Å²) >= 11 is 4.01. The molecule has 0 unspecified atom stereocenters. The molecule has 0 saturated heterocycles. The molecule has 1 rings (SSSR count). The minimum Gasteiger partial charge on any atom is -0.354 e. The van der Waals surface area contributed by atoms with Gasteiger partial charge in [0.25, 0.3) is 0 Å². The number of rotatable bonds is 9. The van der Waals surface area contributed by atoms with Crippen LogP contribution in [-0.4, -0.2) is 36.2 Å². The highest BCUT2D eigenvalue weighted by molar-refractivity contribution is 7.80. The van der Waals surface area contributed by atoms with Crippen LogP contribution in [-0.2, 0) is 16.0 Å². The largest absolute Gasteiger partial charge is 0.354 e. The first-order valence-electron chi connectivity index (χ1n) is 7.98. The Morgan fingerprint density at radius 3 is 2.43 bits per heavy atom. The van der Waals surface area contributed by atoms with Crippen LogP contribution in [0.1, 0.15) is 25.8 Å². The van der Waals surface area contributed by atoms with E-state index in [4.69, 9.17) is 5.73 Å². The fourth-order valence-corrected chi connectivity index (χ4v) is 2.30. The SMILES string of the molecule is CC[C@H](C)[C@H](NC(=O)[C@@H](N)CS)C(=O)NCCc1ccccc1. The lowest BCUT2D eigenvalue weighted by atomic mass is 9.98. The van der Waals surface area contributed by atoms with Crippen molar-refractivity contribution in [2.75, 3.05) is 12.3 Å². The highest BCUT2D eigenvalue weighted by Gasteiger charge is 2.27. The van der Waals surface area contributed by atoms with Crippen molar-refractivity contribution in [2.24, 2.45) is 11.7 Å². The molecular weight excluding hydrogens is 310 g/mol. The molecule has 0 aliphatic rings. The molecule has 3 atom stereocenters. The standard InChI is InChI=1S/C17H27N3O2S/c1-3-12(2)15(20-16(21)14(18)11-23)17(22)19-10-9-13-7-5-4-6-8-13/h4-8,12,14-15,23H,3,9-11,18H2,1-2H3,(H,19,22)(H,20,21)/t12-,14-,15-/m0/s1. The van der Waals surface area contributed by atoms with E-state index in [9.17, 15) is 9.59 Å². The zero-order valence-electron chi connectivity index (χ0n) is 13.8. The predicted molar refractivity (Wildman–Crippen MR) is 96.4 cm³/mol. The molecule has 0 bridgehead atoms. The Labute approximate surface area is 143 Å². The maximum atomic E-state index is 12.4. The topological polar surface area (TPSA) is 84.2 Å². The molecule has 0 heterocycles. The van der Waals surface area contributed by atoms with Gasteiger partial charge in [0.1, 0.15) is 6.04 Å². The Morgan fingerprint density at radius 2 is 1.87 bits per heavy atom. The van der Waals surface area contributed by atoms with Gasteiger partial charge in [0.05, 0.1) is 6.04 Å². The molecule has 1 aromatic carbocycles. The Kier molecular flexibility index (Phi) is 8.73. The number of nitrogens with one attached hydrogen (secondary N) is 2. The second-order valence-corrected chi connectivity index (χ2v) is 6.05. The summed E-state index contributed by atoms with van der Waals surface area (Å²) in [4.78, 5) is 24.3. The van der Waals surface area contributed by atoms with E-state index in [-0.39, 0.29) is 23.5 Å². The lowest BCUT2D eigenvalue weighted by Gasteiger charge is -2.24. The van der Waals surface area contributed by atoms with Crippen molar-refractivity contribution in [1.82, 2.24) is 10.6 Å². The summed E-state index contributed by atoms with van der Waals surface area (Å²) in [5.41, 5.74) is 6.82. The smallest absolute Gasteiger partial charge is 0.242 e. The number of thiol groups is 1. The number of hydrogen-bond donors (Lipinski definition) is 4. The zero-order chi connectivity index (χ0) is 17.2. The van der Waals surface area contributed by atoms with Crippen molar-refractivity contribution >= 4 is 24.4 Å². The molecule has 6 heteroatoms. The van der Waals surface area contributed by atoms with Crippen LogP contribution in [0.25, 0.3) is 0 Å². The summed E-state index contributed by atoms with van der Waals surface area (Å²) in [5.74, 6) is -0.240. The monoisotopic (exact) mass is 337 g/mol. The summed E-state index contributed by atoms with van der Waals surface area (Å²) in [6.07, 6.45) is 1.54. The maximum absolute atomic E-state index is 12.4. The summed E-state index contributed by atoms with van der Waals surface area (Å²) in [6, 6.07) is 8.66. The lowest BCUT2D eigenvalue weighted by molar-refractivity contribution is -0.130. The molecule has 0 fully saturated rings. The van der Waals surface area contributed by atoms with Crippen LogP contribution >= 0.6 is 12.6 Å². The molecular formula is C17H27N3O2S. The van der Waals surface area contributed by atoms with Gasteiger partial charge in [-0.3, -0.25) is 9.59 Å². The van der Waals surface area contributed by atoms with Gasteiger partial charge in [-0.15, -0.1) is 0 Å². The number of amides is 2. The normalized spacial score (nSPS) is 14.6. The molecule has 4 N–H and O–H groups in total. The van der Waals surface area contributed by atoms with E-state index in [1.165, 1.54) is 0 Å². The van der Waals surface area contributed by atoms with Crippen molar-refractivity contribution in [1.29, 1.82) is 0 Å². The molecule has 0 aliphatic carbocycles. The van der Waals surface area contributed by atoms with Gasteiger partial charge in [-0.2, -0.15) is 12.6 Å². The first-order valence-corrected chi connectivity index (χ1v) is 8.61. The third-order valence-corrected chi connectivity index (χ3v) is 4.28.